The molecule has 0 bridgehead atoms. The Kier molecular flexibility index (Phi) is 8.13. The Morgan fingerprint density at radius 3 is 2.00 bits per heavy atom. The van der Waals surface area contributed by atoms with E-state index in [9.17, 15) is 5.11 Å². The molecule has 0 aliphatic rings. The number of hydrogen-bond donors (Lipinski definition) is 0. The summed E-state index contributed by atoms with van der Waals surface area (Å²) in [6.07, 6.45) is 0. The van der Waals surface area contributed by atoms with Crippen molar-refractivity contribution in [3.63, 3.8) is 0 Å². The van der Waals surface area contributed by atoms with Crippen LogP contribution < -0.4 is 5.11 Å². The molecule has 0 spiro atoms. The summed E-state index contributed by atoms with van der Waals surface area (Å²) in [6, 6.07) is 0. The Morgan fingerprint density at radius 2 is 2.00 bits per heavy atom. The molecule has 0 amide bonds. The maximum atomic E-state index is 9.34. The van der Waals surface area contributed by atoms with E-state index in [0.29, 0.717) is 0 Å². The van der Waals surface area contributed by atoms with Gasteiger partial charge in [0.2, 0.25) is 0 Å². The molecule has 0 aromatic rings. The summed E-state index contributed by atoms with van der Waals surface area (Å²) in [7, 11) is 0. The second kappa shape index (κ2) is 5.15. The fourth-order valence-electron chi connectivity index (χ4n) is 0. The summed E-state index contributed by atoms with van der Waals surface area (Å²) in [6.45, 7) is 0.910. The monoisotopic (exact) mass is 126 g/mol. The van der Waals surface area contributed by atoms with Gasteiger partial charge < -0.3 is 10.5 Å². The maximum absolute atomic E-state index is 9.34. The molecule has 0 saturated carbocycles. The third-order valence-electron chi connectivity index (χ3n) is 0.209. The van der Waals surface area contributed by atoms with Crippen LogP contribution in [-0.4, -0.2) is 12.3 Å². The van der Waals surface area contributed by atoms with Crippen molar-refractivity contribution in [1.82, 2.24) is 0 Å². The summed E-state index contributed by atoms with van der Waals surface area (Å²) >= 11 is 0. The maximum Gasteiger partial charge on any atom is 2.00 e. The molecule has 3 heteroatoms. The number of nitrogens with zero attached hydrogens (tertiary/aromatic N) is 1. The van der Waals surface area contributed by atoms with Crippen molar-refractivity contribution in [3.05, 3.63) is 5.41 Å². The molecule has 0 unspecified atom stereocenters. The van der Waals surface area contributed by atoms with Crippen LogP contribution in [0.3, 0.4) is 0 Å². The average molecular weight is 126 g/mol. The van der Waals surface area contributed by atoms with Crippen LogP contribution in [0.4, 0.5) is 0 Å². The predicted molar refractivity (Wildman–Crippen MR) is 18.9 cm³/mol. The number of hydrogen-bond acceptors (Lipinski definition) is 1. The van der Waals surface area contributed by atoms with Crippen LogP contribution in [0.15, 0.2) is 0 Å². The zero-order valence-electron chi connectivity index (χ0n) is 3.44. The summed E-state index contributed by atoms with van der Waals surface area (Å²) in [5.41, 5.74) is -0.0509. The normalized spacial score (nSPS) is 6.33. The van der Waals surface area contributed by atoms with Crippen LogP contribution in [0.1, 0.15) is 6.92 Å². The Morgan fingerprint density at radius 1 is 1.83 bits per heavy atom. The van der Waals surface area contributed by atoms with Gasteiger partial charge in [0.25, 0.3) is 0 Å². The van der Waals surface area contributed by atoms with Gasteiger partial charge in [-0.2, -0.15) is 0 Å². The van der Waals surface area contributed by atoms with Crippen LogP contribution in [-0.2, 0) is 17.1 Å². The third kappa shape index (κ3) is 8.91. The van der Waals surface area contributed by atoms with E-state index in [4.69, 9.17) is 5.41 Å². The van der Waals surface area contributed by atoms with Crippen molar-refractivity contribution >= 4 is 5.71 Å². The van der Waals surface area contributed by atoms with Crippen molar-refractivity contribution in [3.8, 4) is 0 Å². The molecule has 0 N–H and O–H groups in total. The van der Waals surface area contributed by atoms with Gasteiger partial charge in [-0.05, 0) is 0 Å². The van der Waals surface area contributed by atoms with Crippen LogP contribution in [0, 0.1) is 0 Å². The van der Waals surface area contributed by atoms with Crippen LogP contribution in [0.2, 0.25) is 0 Å². The van der Waals surface area contributed by atoms with E-state index in [1.165, 1.54) is 6.92 Å². The zero-order valence-corrected chi connectivity index (χ0v) is 4.62. The van der Waals surface area contributed by atoms with Gasteiger partial charge in [-0.3, -0.25) is 0 Å². The Labute approximate surface area is 47.5 Å². The minimum absolute atomic E-state index is 0. The van der Waals surface area contributed by atoms with Crippen molar-refractivity contribution in [2.75, 3.05) is 6.61 Å². The molecule has 0 atom stereocenters. The van der Waals surface area contributed by atoms with Crippen molar-refractivity contribution in [2.45, 2.75) is 6.92 Å². The SMILES string of the molecule is CC(=[N-])C[O-].[Mn+2]. The molecule has 0 heterocycles. The van der Waals surface area contributed by atoms with Crippen LogP contribution in [0.25, 0.3) is 5.41 Å². The van der Waals surface area contributed by atoms with E-state index in [1.807, 2.05) is 0 Å². The molecule has 0 fully saturated rings. The van der Waals surface area contributed by atoms with Gasteiger partial charge in [0.1, 0.15) is 0 Å². The zero-order chi connectivity index (χ0) is 4.28. The molecule has 1 radical (unpaired) electrons. The summed E-state index contributed by atoms with van der Waals surface area (Å²) in [4.78, 5) is 0. The Hall–Kier alpha value is 0.149. The summed E-state index contributed by atoms with van der Waals surface area (Å²) in [5.74, 6) is 0. The third-order valence-corrected chi connectivity index (χ3v) is 0.209. The topological polar surface area (TPSA) is 45.4 Å². The first-order valence-corrected chi connectivity index (χ1v) is 1.37. The Balaban J connectivity index is 0. The van der Waals surface area contributed by atoms with E-state index < -0.39 is 6.61 Å². The number of rotatable bonds is 1. The molecule has 6 heavy (non-hydrogen) atoms. The van der Waals surface area contributed by atoms with Gasteiger partial charge in [-0.15, -0.1) is 6.61 Å². The standard InChI is InChI=1S/C3H5NO.Mn/c1-3(4)2-5;/h2H2,1H3;/q-2;+2. The second-order valence-corrected chi connectivity index (χ2v) is 0.880. The fourth-order valence-corrected chi connectivity index (χ4v) is 0. The molecule has 0 rings (SSSR count). The summed E-state index contributed by atoms with van der Waals surface area (Å²) in [5, 5.41) is 17.3. The van der Waals surface area contributed by atoms with Gasteiger partial charge in [0.15, 0.2) is 0 Å². The van der Waals surface area contributed by atoms with E-state index in [1.54, 1.807) is 0 Å². The molecule has 0 aliphatic carbocycles. The van der Waals surface area contributed by atoms with Gasteiger partial charge in [0.05, 0.1) is 0 Å². The van der Waals surface area contributed by atoms with Gasteiger partial charge in [-0.1, -0.05) is 6.92 Å². The van der Waals surface area contributed by atoms with E-state index in [-0.39, 0.29) is 22.8 Å². The first-order valence-electron chi connectivity index (χ1n) is 1.37. The van der Waals surface area contributed by atoms with E-state index in [0.717, 1.165) is 0 Å². The van der Waals surface area contributed by atoms with E-state index in [2.05, 4.69) is 0 Å². The molecular weight excluding hydrogens is 121 g/mol. The molecule has 0 saturated heterocycles. The first kappa shape index (κ1) is 9.47. The van der Waals surface area contributed by atoms with Gasteiger partial charge in [-0.25, -0.2) is 5.71 Å². The molecule has 0 aliphatic heterocycles. The largest absolute Gasteiger partial charge is 2.00 e. The van der Waals surface area contributed by atoms with E-state index >= 15 is 0 Å². The van der Waals surface area contributed by atoms with Crippen LogP contribution in [0.5, 0.6) is 0 Å². The van der Waals surface area contributed by atoms with Crippen molar-refractivity contribution in [2.24, 2.45) is 0 Å². The first-order chi connectivity index (χ1) is 2.27. The molecule has 2 nitrogen and oxygen atoms in total. The molecule has 35 valence electrons. The molecule has 0 aromatic heterocycles. The minimum atomic E-state index is -0.472. The fraction of sp³-hybridized carbons (Fsp3) is 0.667. The van der Waals surface area contributed by atoms with Crippen molar-refractivity contribution in [1.29, 1.82) is 0 Å². The predicted octanol–water partition coefficient (Wildman–Crippen LogP) is -0.625. The Bertz CT molecular complexity index is 46.1. The molecule has 0 aromatic carbocycles. The smallest absolute Gasteiger partial charge is 0.853 e. The van der Waals surface area contributed by atoms with Crippen LogP contribution >= 0.6 is 0 Å². The van der Waals surface area contributed by atoms with Gasteiger partial charge in [0, 0.05) is 0 Å². The quantitative estimate of drug-likeness (QED) is 0.341. The molecular formula is C3H5MnNO. The second-order valence-electron chi connectivity index (χ2n) is 0.880. The van der Waals surface area contributed by atoms with Gasteiger partial charge >= 0.3 is 17.1 Å². The minimum Gasteiger partial charge on any atom is -0.853 e. The van der Waals surface area contributed by atoms with Crippen molar-refractivity contribution < 1.29 is 22.2 Å². The average Bonchev–Trinajstić information content (AvgIpc) is 1.38. The summed E-state index contributed by atoms with van der Waals surface area (Å²) < 4.78 is 0.